The minimum absolute atomic E-state index is 0.0437. The Labute approximate surface area is 153 Å². The Hall–Kier alpha value is -2.46. The molecule has 10 heteroatoms. The van der Waals surface area contributed by atoms with Gasteiger partial charge in [0.05, 0.1) is 10.5 Å². The summed E-state index contributed by atoms with van der Waals surface area (Å²) in [4.78, 5) is 12.0. The second-order valence-electron chi connectivity index (χ2n) is 5.42. The predicted octanol–water partition coefficient (Wildman–Crippen LogP) is 3.53. The van der Waals surface area contributed by atoms with Crippen molar-refractivity contribution in [1.29, 1.82) is 0 Å². The van der Waals surface area contributed by atoms with E-state index < -0.39 is 44.8 Å². The first-order chi connectivity index (χ1) is 12.6. The fraction of sp³-hybridized carbons (Fsp3) is 0.235. The largest absolute Gasteiger partial charge is 0.322 e. The molecule has 0 aromatic heterocycles. The molecule has 1 amide bonds. The lowest BCUT2D eigenvalue weighted by Gasteiger charge is -2.18. The van der Waals surface area contributed by atoms with Crippen molar-refractivity contribution < 1.29 is 30.8 Å². The zero-order valence-corrected chi connectivity index (χ0v) is 15.2. The van der Waals surface area contributed by atoms with Crippen LogP contribution in [0.5, 0.6) is 0 Å². The Bertz CT molecular complexity index is 976. The molecule has 0 unspecified atom stereocenters. The third-order valence-electron chi connectivity index (χ3n) is 3.78. The van der Waals surface area contributed by atoms with Crippen LogP contribution in [0.25, 0.3) is 0 Å². The highest BCUT2D eigenvalue weighted by Gasteiger charge is 2.24. The second-order valence-corrected chi connectivity index (χ2v) is 7.36. The monoisotopic (exact) mass is 404 g/mol. The van der Waals surface area contributed by atoms with E-state index in [1.807, 2.05) is 0 Å². The van der Waals surface area contributed by atoms with E-state index in [1.54, 1.807) is 13.8 Å². The van der Waals surface area contributed by atoms with Gasteiger partial charge in [0.25, 0.3) is 5.91 Å². The van der Waals surface area contributed by atoms with E-state index in [9.17, 15) is 30.8 Å². The van der Waals surface area contributed by atoms with E-state index in [-0.39, 0.29) is 29.7 Å². The van der Waals surface area contributed by atoms with E-state index in [0.717, 1.165) is 6.07 Å². The number of nitrogens with one attached hydrogen (secondary N) is 1. The van der Waals surface area contributed by atoms with E-state index in [0.29, 0.717) is 0 Å². The highest BCUT2D eigenvalue weighted by molar-refractivity contribution is 7.89. The molecule has 0 saturated heterocycles. The van der Waals surface area contributed by atoms with E-state index in [1.165, 1.54) is 22.5 Å². The van der Waals surface area contributed by atoms with E-state index >= 15 is 0 Å². The standard InChI is InChI=1S/C17H16F4N2O3S/c1-3-23(4-2)27(25,26)11-7-5-6-10(8-11)22-17(24)12-9-13(18)15(20)16(21)14(12)19/h5-9H,3-4H2,1-2H3,(H,22,24). The molecule has 0 heterocycles. The number of carbonyl (C=O) groups is 1. The lowest BCUT2D eigenvalue weighted by molar-refractivity contribution is 0.102. The van der Waals surface area contributed by atoms with Gasteiger partial charge in [0, 0.05) is 18.8 Å². The summed E-state index contributed by atoms with van der Waals surface area (Å²) in [7, 11) is -3.81. The summed E-state index contributed by atoms with van der Waals surface area (Å²) in [6, 6.07) is 5.31. The van der Waals surface area contributed by atoms with Crippen molar-refractivity contribution in [3.63, 3.8) is 0 Å². The summed E-state index contributed by atoms with van der Waals surface area (Å²) in [6.45, 7) is 3.78. The van der Waals surface area contributed by atoms with Crippen LogP contribution >= 0.6 is 0 Å². The van der Waals surface area contributed by atoms with Crippen molar-refractivity contribution in [3.8, 4) is 0 Å². The fourth-order valence-corrected chi connectivity index (χ4v) is 3.89. The first-order valence-electron chi connectivity index (χ1n) is 7.88. The van der Waals surface area contributed by atoms with Gasteiger partial charge in [0.2, 0.25) is 10.0 Å². The van der Waals surface area contributed by atoms with E-state index in [4.69, 9.17) is 0 Å². The number of hydrogen-bond acceptors (Lipinski definition) is 3. The molecule has 0 aliphatic rings. The Morgan fingerprint density at radius 2 is 1.63 bits per heavy atom. The van der Waals surface area contributed by atoms with Gasteiger partial charge >= 0.3 is 0 Å². The van der Waals surface area contributed by atoms with Crippen LogP contribution in [-0.4, -0.2) is 31.7 Å². The molecule has 1 N–H and O–H groups in total. The lowest BCUT2D eigenvalue weighted by atomic mass is 10.1. The maximum Gasteiger partial charge on any atom is 0.258 e. The SMILES string of the molecule is CCN(CC)S(=O)(=O)c1cccc(NC(=O)c2cc(F)c(F)c(F)c2F)c1. The molecule has 2 aromatic rings. The Morgan fingerprint density at radius 3 is 2.22 bits per heavy atom. The molecule has 146 valence electrons. The van der Waals surface area contributed by atoms with Gasteiger partial charge in [-0.05, 0) is 24.3 Å². The molecule has 0 aliphatic heterocycles. The molecule has 27 heavy (non-hydrogen) atoms. The minimum atomic E-state index is -3.81. The van der Waals surface area contributed by atoms with Gasteiger partial charge in [0.15, 0.2) is 23.3 Å². The first-order valence-corrected chi connectivity index (χ1v) is 9.32. The van der Waals surface area contributed by atoms with Crippen LogP contribution in [0.2, 0.25) is 0 Å². The van der Waals surface area contributed by atoms with Gasteiger partial charge in [-0.1, -0.05) is 19.9 Å². The van der Waals surface area contributed by atoms with Crippen LogP contribution in [0.15, 0.2) is 35.2 Å². The lowest BCUT2D eigenvalue weighted by Crippen LogP contribution is -2.30. The van der Waals surface area contributed by atoms with Crippen LogP contribution in [0, 0.1) is 23.3 Å². The molecule has 0 saturated carbocycles. The molecule has 0 atom stereocenters. The third kappa shape index (κ3) is 4.11. The van der Waals surface area contributed by atoms with Crippen molar-refractivity contribution in [2.24, 2.45) is 0 Å². The number of sulfonamides is 1. The number of benzene rings is 2. The zero-order valence-electron chi connectivity index (χ0n) is 14.4. The van der Waals surface area contributed by atoms with Crippen LogP contribution < -0.4 is 5.32 Å². The Balaban J connectivity index is 2.36. The summed E-state index contributed by atoms with van der Waals surface area (Å²) < 4.78 is 79.4. The molecule has 5 nitrogen and oxygen atoms in total. The van der Waals surface area contributed by atoms with Gasteiger partial charge in [0.1, 0.15) is 0 Å². The van der Waals surface area contributed by atoms with Gasteiger partial charge in [-0.2, -0.15) is 4.31 Å². The number of anilines is 1. The Morgan fingerprint density at radius 1 is 1.00 bits per heavy atom. The normalized spacial score (nSPS) is 11.7. The van der Waals surface area contributed by atoms with Gasteiger partial charge < -0.3 is 5.32 Å². The molecule has 0 aliphatic carbocycles. The molecular weight excluding hydrogens is 388 g/mol. The highest BCUT2D eigenvalue weighted by atomic mass is 32.2. The number of carbonyl (C=O) groups excluding carboxylic acids is 1. The van der Waals surface area contributed by atoms with Crippen LogP contribution in [0.3, 0.4) is 0 Å². The van der Waals surface area contributed by atoms with Crippen molar-refractivity contribution in [3.05, 3.63) is 59.2 Å². The number of nitrogens with zero attached hydrogens (tertiary/aromatic N) is 1. The average molecular weight is 404 g/mol. The minimum Gasteiger partial charge on any atom is -0.322 e. The first kappa shape index (κ1) is 20.8. The van der Waals surface area contributed by atoms with Gasteiger partial charge in [-0.15, -0.1) is 0 Å². The van der Waals surface area contributed by atoms with Crippen molar-refractivity contribution in [2.45, 2.75) is 18.7 Å². The number of hydrogen-bond donors (Lipinski definition) is 1. The van der Waals surface area contributed by atoms with Crippen LogP contribution in [0.1, 0.15) is 24.2 Å². The molecular formula is C17H16F4N2O3S. The maximum atomic E-state index is 13.7. The molecule has 0 bridgehead atoms. The molecule has 0 radical (unpaired) electrons. The van der Waals surface area contributed by atoms with Crippen molar-refractivity contribution in [1.82, 2.24) is 4.31 Å². The average Bonchev–Trinajstić information content (AvgIpc) is 2.63. The highest BCUT2D eigenvalue weighted by Crippen LogP contribution is 2.22. The second kappa shape index (κ2) is 8.05. The topological polar surface area (TPSA) is 66.5 Å². The molecule has 2 aromatic carbocycles. The van der Waals surface area contributed by atoms with Crippen LogP contribution in [0.4, 0.5) is 23.2 Å². The smallest absolute Gasteiger partial charge is 0.258 e. The van der Waals surface area contributed by atoms with Gasteiger partial charge in [-0.3, -0.25) is 4.79 Å². The number of halogens is 4. The predicted molar refractivity (Wildman–Crippen MR) is 90.8 cm³/mol. The number of amides is 1. The summed E-state index contributed by atoms with van der Waals surface area (Å²) in [5.74, 6) is -8.98. The van der Waals surface area contributed by atoms with Gasteiger partial charge in [-0.25, -0.2) is 26.0 Å². The summed E-state index contributed by atoms with van der Waals surface area (Å²) in [6.07, 6.45) is 0. The molecule has 0 spiro atoms. The number of rotatable bonds is 6. The fourth-order valence-electron chi connectivity index (χ4n) is 2.38. The zero-order chi connectivity index (χ0) is 20.4. The Kier molecular flexibility index (Phi) is 6.22. The third-order valence-corrected chi connectivity index (χ3v) is 5.83. The summed E-state index contributed by atoms with van der Waals surface area (Å²) >= 11 is 0. The maximum absolute atomic E-state index is 13.7. The summed E-state index contributed by atoms with van der Waals surface area (Å²) in [5.41, 5.74) is -1.10. The van der Waals surface area contributed by atoms with Crippen LogP contribution in [-0.2, 0) is 10.0 Å². The molecule has 0 fully saturated rings. The van der Waals surface area contributed by atoms with E-state index in [2.05, 4.69) is 5.32 Å². The summed E-state index contributed by atoms with van der Waals surface area (Å²) in [5, 5.41) is 2.14. The molecule has 2 rings (SSSR count). The van der Waals surface area contributed by atoms with Crippen molar-refractivity contribution >= 4 is 21.6 Å². The van der Waals surface area contributed by atoms with Crippen molar-refractivity contribution in [2.75, 3.05) is 18.4 Å². The quantitative estimate of drug-likeness (QED) is 0.455.